The molecule has 0 saturated heterocycles. The number of halogens is 1. The molecule has 0 aliphatic carbocycles. The number of thiazole rings is 1. The SMILES string of the molecule is CCN(CC)Cc1csc(CNS(=O)(=O)Cc2ccc(F)cc2)n1. The van der Waals surface area contributed by atoms with Crippen molar-refractivity contribution >= 4 is 21.4 Å². The van der Waals surface area contributed by atoms with Crippen molar-refractivity contribution in [2.45, 2.75) is 32.7 Å². The molecule has 1 N–H and O–H groups in total. The lowest BCUT2D eigenvalue weighted by atomic mass is 10.2. The van der Waals surface area contributed by atoms with Gasteiger partial charge < -0.3 is 0 Å². The summed E-state index contributed by atoms with van der Waals surface area (Å²) in [7, 11) is -3.48. The third-order valence-corrected chi connectivity index (χ3v) is 5.79. The number of benzene rings is 1. The van der Waals surface area contributed by atoms with Gasteiger partial charge in [0.15, 0.2) is 0 Å². The summed E-state index contributed by atoms with van der Waals surface area (Å²) < 4.78 is 39.6. The zero-order valence-corrected chi connectivity index (χ0v) is 15.5. The number of hydrogen-bond donors (Lipinski definition) is 1. The van der Waals surface area contributed by atoms with Crippen molar-refractivity contribution in [1.82, 2.24) is 14.6 Å². The number of aromatic nitrogens is 1. The summed E-state index contributed by atoms with van der Waals surface area (Å²) in [5.41, 5.74) is 1.50. The third kappa shape index (κ3) is 5.94. The summed E-state index contributed by atoms with van der Waals surface area (Å²) in [5, 5.41) is 2.70. The molecule has 2 aromatic rings. The first-order valence-electron chi connectivity index (χ1n) is 7.79. The number of sulfonamides is 1. The Hall–Kier alpha value is -1.35. The molecule has 1 aromatic carbocycles. The van der Waals surface area contributed by atoms with Gasteiger partial charge in [-0.2, -0.15) is 0 Å². The van der Waals surface area contributed by atoms with Gasteiger partial charge in [0.05, 0.1) is 18.0 Å². The van der Waals surface area contributed by atoms with Crippen LogP contribution in [-0.4, -0.2) is 31.4 Å². The van der Waals surface area contributed by atoms with E-state index in [2.05, 4.69) is 28.5 Å². The highest BCUT2D eigenvalue weighted by molar-refractivity contribution is 7.88. The van der Waals surface area contributed by atoms with Crippen LogP contribution in [0, 0.1) is 5.82 Å². The highest BCUT2D eigenvalue weighted by atomic mass is 32.2. The molecule has 1 heterocycles. The van der Waals surface area contributed by atoms with Gasteiger partial charge in [-0.25, -0.2) is 22.5 Å². The van der Waals surface area contributed by atoms with Crippen molar-refractivity contribution in [3.8, 4) is 0 Å². The van der Waals surface area contributed by atoms with Crippen LogP contribution < -0.4 is 4.72 Å². The molecule has 0 bridgehead atoms. The Kier molecular flexibility index (Phi) is 6.85. The lowest BCUT2D eigenvalue weighted by Crippen LogP contribution is -2.25. The summed E-state index contributed by atoms with van der Waals surface area (Å²) in [6, 6.07) is 5.45. The maximum atomic E-state index is 12.9. The molecule has 0 fully saturated rings. The fourth-order valence-corrected chi connectivity index (χ4v) is 4.11. The molecular weight excluding hydrogens is 349 g/mol. The maximum absolute atomic E-state index is 12.9. The molecule has 0 saturated carbocycles. The first-order valence-corrected chi connectivity index (χ1v) is 10.3. The van der Waals surface area contributed by atoms with E-state index in [4.69, 9.17) is 0 Å². The predicted molar refractivity (Wildman–Crippen MR) is 94.6 cm³/mol. The molecule has 0 radical (unpaired) electrons. The van der Waals surface area contributed by atoms with Gasteiger partial charge >= 0.3 is 0 Å². The van der Waals surface area contributed by atoms with E-state index < -0.39 is 10.0 Å². The molecule has 0 amide bonds. The minimum Gasteiger partial charge on any atom is -0.298 e. The van der Waals surface area contributed by atoms with Gasteiger partial charge in [-0.05, 0) is 30.8 Å². The van der Waals surface area contributed by atoms with Gasteiger partial charge in [-0.1, -0.05) is 26.0 Å². The summed E-state index contributed by atoms with van der Waals surface area (Å²) in [5.74, 6) is -0.557. The van der Waals surface area contributed by atoms with Crippen molar-refractivity contribution in [1.29, 1.82) is 0 Å². The molecule has 0 spiro atoms. The van der Waals surface area contributed by atoms with E-state index in [-0.39, 0.29) is 18.1 Å². The van der Waals surface area contributed by atoms with Gasteiger partial charge in [-0.3, -0.25) is 4.90 Å². The van der Waals surface area contributed by atoms with Crippen LogP contribution in [0.1, 0.15) is 30.1 Å². The van der Waals surface area contributed by atoms with Crippen LogP contribution in [-0.2, 0) is 28.9 Å². The van der Waals surface area contributed by atoms with Crippen molar-refractivity contribution in [3.05, 3.63) is 51.7 Å². The molecule has 0 atom stereocenters. The molecule has 132 valence electrons. The number of hydrogen-bond acceptors (Lipinski definition) is 5. The van der Waals surface area contributed by atoms with Crippen molar-refractivity contribution in [2.75, 3.05) is 13.1 Å². The Balaban J connectivity index is 1.90. The second-order valence-electron chi connectivity index (χ2n) is 5.40. The third-order valence-electron chi connectivity index (χ3n) is 3.59. The van der Waals surface area contributed by atoms with E-state index >= 15 is 0 Å². The van der Waals surface area contributed by atoms with Gasteiger partial charge in [-0.15, -0.1) is 11.3 Å². The first-order chi connectivity index (χ1) is 11.4. The smallest absolute Gasteiger partial charge is 0.216 e. The van der Waals surface area contributed by atoms with Crippen molar-refractivity contribution in [3.63, 3.8) is 0 Å². The lowest BCUT2D eigenvalue weighted by Gasteiger charge is -2.15. The minimum atomic E-state index is -3.48. The molecule has 5 nitrogen and oxygen atoms in total. The largest absolute Gasteiger partial charge is 0.298 e. The average Bonchev–Trinajstić information content (AvgIpc) is 3.00. The molecule has 0 aliphatic rings. The monoisotopic (exact) mass is 371 g/mol. The summed E-state index contributed by atoms with van der Waals surface area (Å²) in [4.78, 5) is 6.72. The normalized spacial score (nSPS) is 12.0. The Morgan fingerprint density at radius 2 is 1.88 bits per heavy atom. The first kappa shape index (κ1) is 19.0. The summed E-state index contributed by atoms with van der Waals surface area (Å²) in [6.45, 7) is 7.04. The summed E-state index contributed by atoms with van der Waals surface area (Å²) >= 11 is 1.45. The van der Waals surface area contributed by atoms with Crippen molar-refractivity contribution in [2.24, 2.45) is 0 Å². The second-order valence-corrected chi connectivity index (χ2v) is 8.15. The zero-order valence-electron chi connectivity index (χ0n) is 13.8. The quantitative estimate of drug-likeness (QED) is 0.736. The Labute approximate surface area is 146 Å². The fraction of sp³-hybridized carbons (Fsp3) is 0.438. The summed E-state index contributed by atoms with van der Waals surface area (Å²) in [6.07, 6.45) is 0. The van der Waals surface area contributed by atoms with E-state index in [1.54, 1.807) is 0 Å². The second kappa shape index (κ2) is 8.66. The Bertz CT molecular complexity index is 741. The molecule has 1 aromatic heterocycles. The van der Waals surface area contributed by atoms with Crippen LogP contribution in [0.15, 0.2) is 29.6 Å². The minimum absolute atomic E-state index is 0.173. The molecule has 24 heavy (non-hydrogen) atoms. The predicted octanol–water partition coefficient (Wildman–Crippen LogP) is 2.74. The van der Waals surface area contributed by atoms with E-state index in [9.17, 15) is 12.8 Å². The van der Waals surface area contributed by atoms with Crippen LogP contribution in [0.2, 0.25) is 0 Å². The maximum Gasteiger partial charge on any atom is 0.216 e. The fourth-order valence-electron chi connectivity index (χ4n) is 2.20. The molecule has 2 rings (SSSR count). The zero-order chi connectivity index (χ0) is 17.6. The van der Waals surface area contributed by atoms with Gasteiger partial charge in [0, 0.05) is 11.9 Å². The van der Waals surface area contributed by atoms with E-state index in [0.29, 0.717) is 5.56 Å². The van der Waals surface area contributed by atoms with Gasteiger partial charge in [0.25, 0.3) is 0 Å². The molecule has 8 heteroatoms. The molecule has 0 unspecified atom stereocenters. The standard InChI is InChI=1S/C16H22FN3O2S2/c1-3-20(4-2)10-15-11-23-16(19-15)9-18-24(21,22)12-13-5-7-14(17)8-6-13/h5-8,11,18H,3-4,9-10,12H2,1-2H3. The average molecular weight is 372 g/mol. The highest BCUT2D eigenvalue weighted by Crippen LogP contribution is 2.13. The molecular formula is C16H22FN3O2S2. The van der Waals surface area contributed by atoms with Crippen LogP contribution in [0.5, 0.6) is 0 Å². The van der Waals surface area contributed by atoms with Crippen LogP contribution in [0.25, 0.3) is 0 Å². The van der Waals surface area contributed by atoms with Gasteiger partial charge in [0.1, 0.15) is 10.8 Å². The van der Waals surface area contributed by atoms with E-state index in [1.165, 1.54) is 35.6 Å². The Morgan fingerprint density at radius 3 is 2.50 bits per heavy atom. The van der Waals surface area contributed by atoms with E-state index in [0.717, 1.165) is 30.3 Å². The van der Waals surface area contributed by atoms with Crippen LogP contribution in [0.4, 0.5) is 4.39 Å². The van der Waals surface area contributed by atoms with Crippen LogP contribution in [0.3, 0.4) is 0 Å². The number of nitrogens with zero attached hydrogens (tertiary/aromatic N) is 2. The van der Waals surface area contributed by atoms with E-state index in [1.807, 2.05) is 5.38 Å². The highest BCUT2D eigenvalue weighted by Gasteiger charge is 2.13. The lowest BCUT2D eigenvalue weighted by molar-refractivity contribution is 0.292. The van der Waals surface area contributed by atoms with Gasteiger partial charge in [0.2, 0.25) is 10.0 Å². The number of rotatable bonds is 9. The molecule has 0 aliphatic heterocycles. The van der Waals surface area contributed by atoms with Crippen molar-refractivity contribution < 1.29 is 12.8 Å². The number of nitrogens with one attached hydrogen (secondary N) is 1. The topological polar surface area (TPSA) is 62.3 Å². The van der Waals surface area contributed by atoms with Crippen LogP contribution >= 0.6 is 11.3 Å². The Morgan fingerprint density at radius 1 is 1.21 bits per heavy atom.